The third kappa shape index (κ3) is 37.8. The predicted octanol–water partition coefficient (Wildman–Crippen LogP) is 8.17. The molecule has 0 atom stereocenters. The van der Waals surface area contributed by atoms with Gasteiger partial charge in [0.15, 0.2) is 0 Å². The van der Waals surface area contributed by atoms with Gasteiger partial charge in [0.1, 0.15) is 0 Å². The third-order valence-electron chi connectivity index (χ3n) is 4.44. The van der Waals surface area contributed by atoms with E-state index in [0.29, 0.717) is 0 Å². The lowest BCUT2D eigenvalue weighted by molar-refractivity contribution is -0.133. The van der Waals surface area contributed by atoms with Crippen molar-refractivity contribution in [3.05, 3.63) is 24.3 Å². The van der Waals surface area contributed by atoms with Crippen LogP contribution in [0.3, 0.4) is 0 Å². The summed E-state index contributed by atoms with van der Waals surface area (Å²) in [6.45, 7) is 13.8. The van der Waals surface area contributed by atoms with E-state index in [1.807, 2.05) is 0 Å². The molecule has 0 saturated carbocycles. The van der Waals surface area contributed by atoms with Crippen molar-refractivity contribution in [2.75, 3.05) is 0 Å². The second kappa shape index (κ2) is 26.4. The second-order valence-electron chi connectivity index (χ2n) is 7.77. The van der Waals surface area contributed by atoms with Crippen LogP contribution in [0.1, 0.15) is 124 Å². The molecular formula is C25H48O4. The van der Waals surface area contributed by atoms with Crippen molar-refractivity contribution < 1.29 is 19.8 Å². The average molecular weight is 413 g/mol. The van der Waals surface area contributed by atoms with Gasteiger partial charge in [0.2, 0.25) is 0 Å². The first-order chi connectivity index (χ1) is 13.7. The molecule has 0 heterocycles. The summed E-state index contributed by atoms with van der Waals surface area (Å²) in [5.41, 5.74) is 0.352. The number of rotatable bonds is 16. The lowest BCUT2D eigenvalue weighted by atomic mass is 10.0. The molecule has 172 valence electrons. The average Bonchev–Trinajstić information content (AvgIpc) is 2.66. The van der Waals surface area contributed by atoms with Crippen LogP contribution in [0.25, 0.3) is 0 Å². The minimum Gasteiger partial charge on any atom is -0.478 e. The van der Waals surface area contributed by atoms with E-state index in [0.717, 1.165) is 0 Å². The van der Waals surface area contributed by atoms with Gasteiger partial charge in [-0.1, -0.05) is 123 Å². The molecule has 0 aliphatic carbocycles. The molecule has 29 heavy (non-hydrogen) atoms. The molecule has 4 heteroatoms. The molecule has 4 nitrogen and oxygen atoms in total. The molecule has 0 aliphatic heterocycles. The zero-order chi connectivity index (χ0) is 22.9. The van der Waals surface area contributed by atoms with Crippen molar-refractivity contribution >= 4 is 11.9 Å². The van der Waals surface area contributed by atoms with Crippen LogP contribution in [0.2, 0.25) is 0 Å². The van der Waals surface area contributed by atoms with E-state index >= 15 is 0 Å². The van der Waals surface area contributed by atoms with E-state index in [1.54, 1.807) is 0 Å². The molecule has 0 saturated heterocycles. The zero-order valence-corrected chi connectivity index (χ0v) is 19.7. The monoisotopic (exact) mass is 412 g/mol. The van der Waals surface area contributed by atoms with Gasteiger partial charge in [-0.15, -0.1) is 0 Å². The van der Waals surface area contributed by atoms with Crippen LogP contribution in [0.4, 0.5) is 0 Å². The summed E-state index contributed by atoms with van der Waals surface area (Å²) in [5, 5.41) is 15.8. The van der Waals surface area contributed by atoms with Gasteiger partial charge in [-0.25, -0.2) is 9.59 Å². The number of hydrogen-bond donors (Lipinski definition) is 2. The first-order valence-corrected chi connectivity index (χ1v) is 11.5. The van der Waals surface area contributed by atoms with E-state index in [9.17, 15) is 9.59 Å². The Hall–Kier alpha value is -1.58. The summed E-state index contributed by atoms with van der Waals surface area (Å²) in [6, 6.07) is 0. The van der Waals surface area contributed by atoms with E-state index in [4.69, 9.17) is 10.2 Å². The first-order valence-electron chi connectivity index (χ1n) is 11.5. The summed E-state index contributed by atoms with van der Waals surface area (Å²) in [5.74, 6) is -1.87. The molecule has 0 fully saturated rings. The second-order valence-corrected chi connectivity index (χ2v) is 7.77. The Morgan fingerprint density at radius 3 is 0.759 bits per heavy atom. The highest BCUT2D eigenvalue weighted by molar-refractivity contribution is 5.85. The van der Waals surface area contributed by atoms with Crippen molar-refractivity contribution in [3.63, 3.8) is 0 Å². The topological polar surface area (TPSA) is 74.6 Å². The van der Waals surface area contributed by atoms with Crippen LogP contribution < -0.4 is 0 Å². The molecular weight excluding hydrogens is 364 g/mol. The van der Waals surface area contributed by atoms with Gasteiger partial charge in [-0.2, -0.15) is 0 Å². The number of aliphatic carboxylic acids is 2. The number of carboxylic acid groups (broad SMARTS) is 2. The standard InChI is InChI=1S/C17H36.2C4H6O2/c1-3-5-7-9-11-13-15-17-16-14-12-10-8-6-4-2;2*1-3(2)4(5)6/h3-17H2,1-2H3;2*1H2,2H3,(H,5,6). The lowest BCUT2D eigenvalue weighted by Gasteiger charge is -2.02. The van der Waals surface area contributed by atoms with Crippen molar-refractivity contribution in [1.82, 2.24) is 0 Å². The number of hydrogen-bond acceptors (Lipinski definition) is 2. The van der Waals surface area contributed by atoms with Gasteiger partial charge < -0.3 is 10.2 Å². The van der Waals surface area contributed by atoms with Gasteiger partial charge >= 0.3 is 11.9 Å². The van der Waals surface area contributed by atoms with E-state index < -0.39 is 11.9 Å². The van der Waals surface area contributed by atoms with Crippen LogP contribution in [0.5, 0.6) is 0 Å². The Morgan fingerprint density at radius 2 is 0.655 bits per heavy atom. The quantitative estimate of drug-likeness (QED) is 0.198. The van der Waals surface area contributed by atoms with Gasteiger partial charge in [0.05, 0.1) is 0 Å². The fraction of sp³-hybridized carbons (Fsp3) is 0.760. The third-order valence-corrected chi connectivity index (χ3v) is 4.44. The van der Waals surface area contributed by atoms with Crippen LogP contribution in [0.15, 0.2) is 24.3 Å². The summed E-state index contributed by atoms with van der Waals surface area (Å²) in [4.78, 5) is 19.2. The Labute approximate surface area is 180 Å². The Balaban J connectivity index is -0.000000460. The molecule has 0 aromatic rings. The fourth-order valence-electron chi connectivity index (χ4n) is 2.44. The molecule has 0 radical (unpaired) electrons. The van der Waals surface area contributed by atoms with Crippen molar-refractivity contribution in [2.24, 2.45) is 0 Å². The minimum atomic E-state index is -0.935. The first kappa shape index (κ1) is 32.1. The molecule has 0 amide bonds. The molecule has 0 unspecified atom stereocenters. The van der Waals surface area contributed by atoms with E-state index in [-0.39, 0.29) is 11.1 Å². The van der Waals surface area contributed by atoms with Crippen molar-refractivity contribution in [2.45, 2.75) is 124 Å². The lowest BCUT2D eigenvalue weighted by Crippen LogP contribution is -1.92. The van der Waals surface area contributed by atoms with E-state index in [1.165, 1.54) is 110 Å². The van der Waals surface area contributed by atoms with Crippen molar-refractivity contribution in [1.29, 1.82) is 0 Å². The maximum Gasteiger partial charge on any atom is 0.330 e. The number of carboxylic acids is 2. The molecule has 0 aromatic carbocycles. The molecule has 0 bridgehead atoms. The number of carbonyl (C=O) groups is 2. The smallest absolute Gasteiger partial charge is 0.330 e. The molecule has 0 aliphatic rings. The Kier molecular flexibility index (Phi) is 29.2. The summed E-state index contributed by atoms with van der Waals surface area (Å²) in [6.07, 6.45) is 21.9. The van der Waals surface area contributed by atoms with Crippen LogP contribution in [-0.2, 0) is 9.59 Å². The summed E-state index contributed by atoms with van der Waals surface area (Å²) < 4.78 is 0. The normalized spacial score (nSPS) is 9.52. The van der Waals surface area contributed by atoms with Crippen LogP contribution >= 0.6 is 0 Å². The van der Waals surface area contributed by atoms with Gasteiger partial charge in [-0.05, 0) is 13.8 Å². The van der Waals surface area contributed by atoms with Gasteiger partial charge in [-0.3, -0.25) is 0 Å². The highest BCUT2D eigenvalue weighted by Crippen LogP contribution is 2.13. The van der Waals surface area contributed by atoms with Gasteiger partial charge in [0, 0.05) is 11.1 Å². The minimum absolute atomic E-state index is 0.176. The maximum absolute atomic E-state index is 9.60. The van der Waals surface area contributed by atoms with Crippen LogP contribution in [-0.4, -0.2) is 22.2 Å². The summed E-state index contributed by atoms with van der Waals surface area (Å²) >= 11 is 0. The Bertz CT molecular complexity index is 351. The Morgan fingerprint density at radius 1 is 0.517 bits per heavy atom. The number of unbranched alkanes of at least 4 members (excludes halogenated alkanes) is 14. The fourth-order valence-corrected chi connectivity index (χ4v) is 2.44. The van der Waals surface area contributed by atoms with Crippen molar-refractivity contribution in [3.8, 4) is 0 Å². The SMILES string of the molecule is C=C(C)C(=O)O.C=C(C)C(=O)O.CCCCCCCCCCCCCCCCC. The highest BCUT2D eigenvalue weighted by Gasteiger charge is 1.93. The molecule has 0 spiro atoms. The maximum atomic E-state index is 9.60. The summed E-state index contributed by atoms with van der Waals surface area (Å²) in [7, 11) is 0. The molecule has 2 N–H and O–H groups in total. The largest absolute Gasteiger partial charge is 0.478 e. The van der Waals surface area contributed by atoms with Gasteiger partial charge in [0.25, 0.3) is 0 Å². The highest BCUT2D eigenvalue weighted by atomic mass is 16.4. The molecule has 0 aromatic heterocycles. The molecule has 0 rings (SSSR count). The van der Waals surface area contributed by atoms with E-state index in [2.05, 4.69) is 27.0 Å². The zero-order valence-electron chi connectivity index (χ0n) is 19.7. The van der Waals surface area contributed by atoms with Crippen LogP contribution in [0, 0.1) is 0 Å². The predicted molar refractivity (Wildman–Crippen MR) is 126 cm³/mol.